The Kier molecular flexibility index (Phi) is 8.94. The standard InChI is InChI=1S/C25H24Cl2FN3O4S/c1-17(25(33)29-2)30(15-19-20(26)11-8-12-21(19)27)24(32)16-31(23-14-7-6-13-22(23)28)36(34,35)18-9-4-3-5-10-18/h3-14,17H,15-16H2,1-2H3,(H,29,33)/t17-/m1/s1. The summed E-state index contributed by atoms with van der Waals surface area (Å²) in [6.07, 6.45) is 0. The molecule has 0 saturated heterocycles. The highest BCUT2D eigenvalue weighted by molar-refractivity contribution is 7.92. The minimum Gasteiger partial charge on any atom is -0.357 e. The number of rotatable bonds is 9. The van der Waals surface area contributed by atoms with Gasteiger partial charge in [0.2, 0.25) is 11.8 Å². The lowest BCUT2D eigenvalue weighted by Crippen LogP contribution is -2.51. The minimum absolute atomic E-state index is 0.124. The molecular formula is C25H24Cl2FN3O4S. The van der Waals surface area contributed by atoms with Crippen LogP contribution in [0.4, 0.5) is 10.1 Å². The highest BCUT2D eigenvalue weighted by atomic mass is 35.5. The number of sulfonamides is 1. The van der Waals surface area contributed by atoms with Crippen molar-refractivity contribution in [3.8, 4) is 0 Å². The second kappa shape index (κ2) is 11.7. The van der Waals surface area contributed by atoms with Crippen LogP contribution in [0, 0.1) is 5.82 Å². The third-order valence-corrected chi connectivity index (χ3v) is 8.02. The van der Waals surface area contributed by atoms with Crippen LogP contribution < -0.4 is 9.62 Å². The van der Waals surface area contributed by atoms with Crippen LogP contribution in [0.1, 0.15) is 12.5 Å². The summed E-state index contributed by atoms with van der Waals surface area (Å²) >= 11 is 12.6. The van der Waals surface area contributed by atoms with Gasteiger partial charge in [0.25, 0.3) is 10.0 Å². The van der Waals surface area contributed by atoms with Gasteiger partial charge in [-0.05, 0) is 43.3 Å². The largest absolute Gasteiger partial charge is 0.357 e. The molecule has 0 bridgehead atoms. The first-order valence-electron chi connectivity index (χ1n) is 10.8. The fraction of sp³-hybridized carbons (Fsp3) is 0.200. The number of nitrogens with zero attached hydrogens (tertiary/aromatic N) is 2. The van der Waals surface area contributed by atoms with E-state index in [0.717, 1.165) is 11.0 Å². The van der Waals surface area contributed by atoms with Gasteiger partial charge in [0.05, 0.1) is 10.6 Å². The molecule has 0 saturated carbocycles. The minimum atomic E-state index is -4.35. The first-order valence-corrected chi connectivity index (χ1v) is 13.0. The molecule has 0 radical (unpaired) electrons. The van der Waals surface area contributed by atoms with Crippen LogP contribution in [-0.4, -0.2) is 44.8 Å². The van der Waals surface area contributed by atoms with Crippen LogP contribution in [0.25, 0.3) is 0 Å². The number of likely N-dealkylation sites (N-methyl/N-ethyl adjacent to an activating group) is 1. The van der Waals surface area contributed by atoms with E-state index in [1.807, 2.05) is 0 Å². The van der Waals surface area contributed by atoms with E-state index in [4.69, 9.17) is 23.2 Å². The molecule has 11 heteroatoms. The maximum Gasteiger partial charge on any atom is 0.264 e. The van der Waals surface area contributed by atoms with Gasteiger partial charge in [0, 0.05) is 29.2 Å². The van der Waals surface area contributed by atoms with Gasteiger partial charge >= 0.3 is 0 Å². The van der Waals surface area contributed by atoms with Crippen molar-refractivity contribution in [3.63, 3.8) is 0 Å². The second-order valence-electron chi connectivity index (χ2n) is 7.79. The van der Waals surface area contributed by atoms with Crippen LogP contribution in [0.15, 0.2) is 77.7 Å². The van der Waals surface area contributed by atoms with E-state index < -0.39 is 40.2 Å². The van der Waals surface area contributed by atoms with Crippen molar-refractivity contribution in [1.82, 2.24) is 10.2 Å². The maximum absolute atomic E-state index is 14.8. The van der Waals surface area contributed by atoms with Crippen molar-refractivity contribution in [3.05, 3.63) is 94.2 Å². The van der Waals surface area contributed by atoms with Crippen molar-refractivity contribution in [2.45, 2.75) is 24.4 Å². The number of carbonyl (C=O) groups excluding carboxylic acids is 2. The van der Waals surface area contributed by atoms with Gasteiger partial charge in [-0.2, -0.15) is 0 Å². The third-order valence-electron chi connectivity index (χ3n) is 5.54. The van der Waals surface area contributed by atoms with E-state index in [1.165, 1.54) is 56.4 Å². The second-order valence-corrected chi connectivity index (χ2v) is 10.5. The van der Waals surface area contributed by atoms with E-state index in [-0.39, 0.29) is 27.2 Å². The summed E-state index contributed by atoms with van der Waals surface area (Å²) in [5, 5.41) is 3.02. The number of hydrogen-bond donors (Lipinski definition) is 1. The first kappa shape index (κ1) is 27.4. The Morgan fingerprint density at radius 3 is 2.11 bits per heavy atom. The van der Waals surface area contributed by atoms with Gasteiger partial charge in [-0.3, -0.25) is 13.9 Å². The Morgan fingerprint density at radius 2 is 1.53 bits per heavy atom. The van der Waals surface area contributed by atoms with Crippen LogP contribution in [0.5, 0.6) is 0 Å². The van der Waals surface area contributed by atoms with Crippen molar-refractivity contribution in [2.75, 3.05) is 17.9 Å². The number of nitrogens with one attached hydrogen (secondary N) is 1. The van der Waals surface area contributed by atoms with Gasteiger partial charge < -0.3 is 10.2 Å². The molecule has 3 rings (SSSR count). The molecule has 3 aromatic rings. The van der Waals surface area contributed by atoms with Crippen molar-refractivity contribution in [1.29, 1.82) is 0 Å². The molecule has 3 aromatic carbocycles. The number of carbonyl (C=O) groups is 2. The molecular weight excluding hydrogens is 528 g/mol. The molecule has 0 unspecified atom stereocenters. The lowest BCUT2D eigenvalue weighted by Gasteiger charge is -2.32. The highest BCUT2D eigenvalue weighted by Gasteiger charge is 2.33. The average Bonchev–Trinajstić information content (AvgIpc) is 2.87. The van der Waals surface area contributed by atoms with Crippen LogP contribution >= 0.6 is 23.2 Å². The number of halogens is 3. The number of anilines is 1. The number of hydrogen-bond acceptors (Lipinski definition) is 4. The van der Waals surface area contributed by atoms with E-state index >= 15 is 0 Å². The quantitative estimate of drug-likeness (QED) is 0.424. The Hall–Kier alpha value is -3.14. The van der Waals surface area contributed by atoms with Crippen molar-refractivity contribution < 1.29 is 22.4 Å². The van der Waals surface area contributed by atoms with Crippen molar-refractivity contribution in [2.24, 2.45) is 0 Å². The third kappa shape index (κ3) is 5.98. The molecule has 36 heavy (non-hydrogen) atoms. The molecule has 0 aromatic heterocycles. The van der Waals surface area contributed by atoms with Gasteiger partial charge in [0.1, 0.15) is 18.4 Å². The summed E-state index contributed by atoms with van der Waals surface area (Å²) in [5.74, 6) is -2.08. The predicted molar refractivity (Wildman–Crippen MR) is 138 cm³/mol. The average molecular weight is 552 g/mol. The molecule has 0 aliphatic rings. The lowest BCUT2D eigenvalue weighted by atomic mass is 10.1. The topological polar surface area (TPSA) is 86.8 Å². The summed E-state index contributed by atoms with van der Waals surface area (Å²) in [7, 11) is -2.94. The van der Waals surface area contributed by atoms with Gasteiger partial charge in [-0.15, -0.1) is 0 Å². The summed E-state index contributed by atoms with van der Waals surface area (Å²) in [6.45, 7) is 0.532. The van der Waals surface area contributed by atoms with Crippen LogP contribution in [0.2, 0.25) is 10.0 Å². The fourth-order valence-electron chi connectivity index (χ4n) is 3.53. The molecule has 0 aliphatic carbocycles. The Labute approximate surface area is 219 Å². The lowest BCUT2D eigenvalue weighted by molar-refractivity contribution is -0.139. The van der Waals surface area contributed by atoms with Gasteiger partial charge in [-0.25, -0.2) is 12.8 Å². The molecule has 0 aliphatic heterocycles. The summed E-state index contributed by atoms with van der Waals surface area (Å²) in [4.78, 5) is 27.1. The molecule has 0 fully saturated rings. The van der Waals surface area contributed by atoms with E-state index in [0.29, 0.717) is 9.87 Å². The zero-order chi connectivity index (χ0) is 26.5. The van der Waals surface area contributed by atoms with E-state index in [9.17, 15) is 22.4 Å². The van der Waals surface area contributed by atoms with E-state index in [2.05, 4.69) is 5.32 Å². The Morgan fingerprint density at radius 1 is 0.944 bits per heavy atom. The van der Waals surface area contributed by atoms with Gasteiger partial charge in [-0.1, -0.05) is 59.6 Å². The zero-order valence-electron chi connectivity index (χ0n) is 19.5. The van der Waals surface area contributed by atoms with Gasteiger partial charge in [0.15, 0.2) is 0 Å². The molecule has 7 nitrogen and oxygen atoms in total. The summed E-state index contributed by atoms with van der Waals surface area (Å²) < 4.78 is 42.6. The SMILES string of the molecule is CNC(=O)[C@@H](C)N(Cc1c(Cl)cccc1Cl)C(=O)CN(c1ccccc1F)S(=O)(=O)c1ccccc1. The first-order chi connectivity index (χ1) is 17.1. The van der Waals surface area contributed by atoms with Crippen LogP contribution in [-0.2, 0) is 26.2 Å². The summed E-state index contributed by atoms with van der Waals surface area (Å²) in [6, 6.07) is 16.4. The maximum atomic E-state index is 14.8. The highest BCUT2D eigenvalue weighted by Crippen LogP contribution is 2.29. The monoisotopic (exact) mass is 551 g/mol. The zero-order valence-corrected chi connectivity index (χ0v) is 21.8. The van der Waals surface area contributed by atoms with E-state index in [1.54, 1.807) is 24.3 Å². The number of para-hydroxylation sites is 1. The molecule has 1 atom stereocenters. The molecule has 0 heterocycles. The Bertz CT molecular complexity index is 1340. The smallest absolute Gasteiger partial charge is 0.264 e. The van der Waals surface area contributed by atoms with Crippen LogP contribution in [0.3, 0.4) is 0 Å². The Balaban J connectivity index is 2.07. The number of amides is 2. The predicted octanol–water partition coefficient (Wildman–Crippen LogP) is 4.49. The molecule has 190 valence electrons. The number of benzene rings is 3. The fourth-order valence-corrected chi connectivity index (χ4v) is 5.49. The molecule has 1 N–H and O–H groups in total. The molecule has 2 amide bonds. The normalized spacial score (nSPS) is 12.0. The molecule has 0 spiro atoms. The van der Waals surface area contributed by atoms with Crippen molar-refractivity contribution >= 4 is 50.7 Å². The summed E-state index contributed by atoms with van der Waals surface area (Å²) in [5.41, 5.74) is 0.0753.